The predicted molar refractivity (Wildman–Crippen MR) is 277 cm³/mol. The first-order chi connectivity index (χ1) is 26.0. The van der Waals surface area contributed by atoms with Gasteiger partial charge in [-0.15, -0.1) is 0 Å². The molecular weight excluding hydrogens is 985 g/mol. The SMILES string of the molecule is C=CC(=O)OC(CC)[Si]([Si](OO[Si](C)(C)C)(O[Si](C)(C)C)O[Si](C)(C)C)([Si](OO[Si](C)(C)C)(O[Si](C)(C)C)O[Si](C)(C)C)[Si](OO[Si](C)(C)C)(O[Si](C)(C)C)O[Si](C)(C)C. The smallest absolute Gasteiger partial charge is 0.463 e. The van der Waals surface area contributed by atoms with Crippen molar-refractivity contribution in [2.45, 2.75) is 196 Å². The van der Waals surface area contributed by atoms with Gasteiger partial charge in [-0.05, 0) is 183 Å². The van der Waals surface area contributed by atoms with Crippen LogP contribution in [0.25, 0.3) is 0 Å². The van der Waals surface area contributed by atoms with Crippen LogP contribution in [0.4, 0.5) is 0 Å². The highest BCUT2D eigenvalue weighted by molar-refractivity contribution is 7.84. The Morgan fingerprint density at radius 3 is 0.717 bits per heavy atom. The van der Waals surface area contributed by atoms with Crippen molar-refractivity contribution in [1.82, 2.24) is 0 Å². The molecule has 0 aliphatic rings. The Hall–Kier alpha value is 1.55. The van der Waals surface area contributed by atoms with Gasteiger partial charge < -0.3 is 29.4 Å². The Morgan fingerprint density at radius 1 is 0.383 bits per heavy atom. The molecule has 0 aliphatic carbocycles. The van der Waals surface area contributed by atoms with E-state index in [1.54, 1.807) is 0 Å². The van der Waals surface area contributed by atoms with Crippen molar-refractivity contribution in [2.75, 3.05) is 0 Å². The van der Waals surface area contributed by atoms with Crippen molar-refractivity contribution in [2.24, 2.45) is 0 Å². The second kappa shape index (κ2) is 21.2. The Balaban J connectivity index is 11.1. The molecule has 1 unspecified atom stereocenters. The molecule has 0 aliphatic heterocycles. The van der Waals surface area contributed by atoms with Gasteiger partial charge in [0.15, 0.2) is 49.9 Å². The van der Waals surface area contributed by atoms with Crippen molar-refractivity contribution >= 4 is 112 Å². The quantitative estimate of drug-likeness (QED) is 0.0242. The summed E-state index contributed by atoms with van der Waals surface area (Å²) in [5.41, 5.74) is -1.18. The van der Waals surface area contributed by atoms with Crippen LogP contribution in [0.2, 0.25) is 177 Å². The zero-order valence-corrected chi connectivity index (χ0v) is 56.3. The van der Waals surface area contributed by atoms with E-state index in [0.29, 0.717) is 0 Å². The third kappa shape index (κ3) is 20.6. The van der Waals surface area contributed by atoms with Crippen molar-refractivity contribution in [1.29, 1.82) is 0 Å². The lowest BCUT2D eigenvalue weighted by Gasteiger charge is -2.60. The van der Waals surface area contributed by atoms with E-state index < -0.39 is 118 Å². The highest BCUT2D eigenvalue weighted by Crippen LogP contribution is 2.51. The van der Waals surface area contributed by atoms with E-state index in [-0.39, 0.29) is 6.42 Å². The van der Waals surface area contributed by atoms with E-state index >= 15 is 0 Å². The first-order valence-electron chi connectivity index (χ1n) is 21.2. The highest BCUT2D eigenvalue weighted by atomic mass is 30.0. The van der Waals surface area contributed by atoms with Crippen LogP contribution in [0.5, 0.6) is 0 Å². The van der Waals surface area contributed by atoms with Crippen LogP contribution in [-0.4, -0.2) is 118 Å². The van der Waals surface area contributed by atoms with Gasteiger partial charge in [-0.3, -0.25) is 13.7 Å². The van der Waals surface area contributed by atoms with Gasteiger partial charge in [0.25, 0.3) is 0 Å². The average molecular weight is 1080 g/mol. The molecule has 0 aromatic rings. The lowest BCUT2D eigenvalue weighted by atomic mass is 10.5. The van der Waals surface area contributed by atoms with Gasteiger partial charge in [0.2, 0.25) is 25.0 Å². The maximum atomic E-state index is 14.2. The molecule has 1 atom stereocenters. The van der Waals surface area contributed by atoms with E-state index in [9.17, 15) is 4.79 Å². The minimum atomic E-state index is -4.98. The predicted octanol–water partition coefficient (Wildman–Crippen LogP) is 11.0. The lowest BCUT2D eigenvalue weighted by Crippen LogP contribution is -3.02. The number of ether oxygens (including phenoxy) is 1. The summed E-state index contributed by atoms with van der Waals surface area (Å²) in [4.78, 5) is 14.2. The molecule has 0 N–H and O–H groups in total. The number of hydrogen-bond donors (Lipinski definition) is 0. The zero-order chi connectivity index (χ0) is 48.3. The summed E-state index contributed by atoms with van der Waals surface area (Å²) in [6.45, 7) is 56.6. The molecule has 0 aromatic carbocycles. The normalized spacial score (nSPS) is 15.9. The molecule has 14 nitrogen and oxygen atoms in total. The standard InChI is InChI=1S/C33H90O14Si13/c1-30-32(34)35-33(31-2)57(58(42-51(12,13)14,43-52(15,16)17)39-36-48(3,4)5,59(44-53(18,19)20,45-54(21,22)23)40-37-49(6,7)8)60(46-55(24,25)26,47-56(27,28)29)41-38-50(9,10)11/h30,33H,1,31H2,2-29H3. The van der Waals surface area contributed by atoms with Gasteiger partial charge in [0.05, 0.1) is 0 Å². The molecule has 0 amide bonds. The Labute approximate surface area is 380 Å². The molecule has 0 rings (SSSR count). The molecule has 358 valence electrons. The van der Waals surface area contributed by atoms with E-state index in [1.165, 1.54) is 0 Å². The summed E-state index contributed by atoms with van der Waals surface area (Å²) in [7, 11) is -39.8. The third-order valence-corrected chi connectivity index (χ3v) is 69.7. The molecule has 60 heavy (non-hydrogen) atoms. The van der Waals surface area contributed by atoms with Crippen molar-refractivity contribution in [3.63, 3.8) is 0 Å². The molecule has 0 heterocycles. The van der Waals surface area contributed by atoms with E-state index in [1.807, 2.05) is 65.8 Å². The molecule has 0 spiro atoms. The van der Waals surface area contributed by atoms with E-state index in [4.69, 9.17) is 56.9 Å². The molecule has 0 bridgehead atoms. The fraction of sp³-hybridized carbons (Fsp3) is 0.909. The van der Waals surface area contributed by atoms with Gasteiger partial charge in [-0.2, -0.15) is 0 Å². The van der Waals surface area contributed by atoms with Crippen LogP contribution < -0.4 is 0 Å². The highest BCUT2D eigenvalue weighted by Gasteiger charge is 2.99. The molecule has 0 saturated carbocycles. The summed E-state index contributed by atoms with van der Waals surface area (Å²) >= 11 is 0. The second-order valence-corrected chi connectivity index (χ2v) is 90.8. The molecule has 0 aromatic heterocycles. The minimum Gasteiger partial charge on any atom is -0.463 e. The number of hydrogen-bond acceptors (Lipinski definition) is 14. The zero-order valence-electron chi connectivity index (χ0n) is 43.3. The van der Waals surface area contributed by atoms with Crippen LogP contribution in [0.3, 0.4) is 0 Å². The maximum Gasteiger partial charge on any atom is 0.495 e. The third-order valence-electron chi connectivity index (χ3n) is 6.58. The first kappa shape index (κ1) is 61.5. The summed E-state index contributed by atoms with van der Waals surface area (Å²) in [6.07, 6.45) is 1.34. The van der Waals surface area contributed by atoms with Crippen molar-refractivity contribution < 1.29 is 61.7 Å². The fourth-order valence-electron chi connectivity index (χ4n) is 5.62. The van der Waals surface area contributed by atoms with Crippen molar-refractivity contribution in [3.8, 4) is 0 Å². The summed E-state index contributed by atoms with van der Waals surface area (Å²) in [5, 5.41) is 0. The van der Waals surface area contributed by atoms with Gasteiger partial charge >= 0.3 is 37.6 Å². The van der Waals surface area contributed by atoms with Crippen LogP contribution in [0.1, 0.15) is 13.3 Å². The number of rotatable bonds is 28. The van der Waals surface area contributed by atoms with Crippen molar-refractivity contribution in [3.05, 3.63) is 12.7 Å². The van der Waals surface area contributed by atoms with Crippen LogP contribution in [0.15, 0.2) is 12.7 Å². The number of carbonyl (C=O) groups excluding carboxylic acids is 1. The molecule has 0 fully saturated rings. The molecule has 0 radical (unpaired) electrons. The summed E-state index contributed by atoms with van der Waals surface area (Å²) in [5.74, 6) is -0.682. The Kier molecular flexibility index (Phi) is 21.8. The number of carbonyl (C=O) groups is 1. The molecule has 27 heteroatoms. The second-order valence-electron chi connectivity index (χ2n) is 24.1. The van der Waals surface area contributed by atoms with Crippen LogP contribution in [-0.2, 0) is 61.7 Å². The van der Waals surface area contributed by atoms with E-state index in [2.05, 4.69) is 124 Å². The maximum absolute atomic E-state index is 14.2. The van der Waals surface area contributed by atoms with E-state index in [0.717, 1.165) is 6.08 Å². The lowest BCUT2D eigenvalue weighted by molar-refractivity contribution is -0.165. The monoisotopic (exact) mass is 1070 g/mol. The van der Waals surface area contributed by atoms with Gasteiger partial charge in [-0.25, -0.2) is 18.5 Å². The molecule has 0 saturated heterocycles. The summed E-state index contributed by atoms with van der Waals surface area (Å²) < 4.78 is 96.5. The first-order valence-corrected chi connectivity index (χ1v) is 62.1. The minimum absolute atomic E-state index is 0.186. The number of esters is 1. The summed E-state index contributed by atoms with van der Waals surface area (Å²) in [6, 6.07) is 0. The Morgan fingerprint density at radius 2 is 0.583 bits per heavy atom. The van der Waals surface area contributed by atoms with Gasteiger partial charge in [0, 0.05) is 6.08 Å². The average Bonchev–Trinajstić information content (AvgIpc) is 2.91. The van der Waals surface area contributed by atoms with Gasteiger partial charge in [0.1, 0.15) is 5.73 Å². The molecular formula is C33H90O14Si13. The van der Waals surface area contributed by atoms with Gasteiger partial charge in [-0.1, -0.05) is 13.5 Å². The fourth-order valence-corrected chi connectivity index (χ4v) is 105. The Bertz CT molecular complexity index is 1190. The van der Waals surface area contributed by atoms with Crippen LogP contribution >= 0.6 is 0 Å². The van der Waals surface area contributed by atoms with Crippen LogP contribution in [0, 0.1) is 0 Å². The topological polar surface area (TPSA) is 137 Å². The largest absolute Gasteiger partial charge is 0.495 e.